The van der Waals surface area contributed by atoms with Crippen LogP contribution >= 0.6 is 15.9 Å². The van der Waals surface area contributed by atoms with Gasteiger partial charge in [0.05, 0.1) is 9.90 Å². The second-order valence-corrected chi connectivity index (χ2v) is 6.48. The Bertz CT molecular complexity index is 430. The molecular weight excluding hydrogens is 306 g/mol. The number of Topliss-reactive ketones (excluding diaryl/α,β-unsaturated/α-hetero) is 1. The summed E-state index contributed by atoms with van der Waals surface area (Å²) in [7, 11) is 1.89. The molecule has 1 atom stereocenters. The summed E-state index contributed by atoms with van der Waals surface area (Å²) in [4.78, 5) is 26.6. The van der Waals surface area contributed by atoms with Gasteiger partial charge in [0, 0.05) is 20.0 Å². The van der Waals surface area contributed by atoms with Crippen LogP contribution in [-0.4, -0.2) is 30.2 Å². The first-order valence-electron chi connectivity index (χ1n) is 7.21. The van der Waals surface area contributed by atoms with E-state index in [1.807, 2.05) is 11.9 Å². The maximum absolute atomic E-state index is 12.8. The van der Waals surface area contributed by atoms with E-state index in [-0.39, 0.29) is 11.7 Å². The highest BCUT2D eigenvalue weighted by molar-refractivity contribution is 9.12. The van der Waals surface area contributed by atoms with E-state index in [0.717, 1.165) is 50.6 Å². The molecule has 0 aromatic heterocycles. The molecule has 1 amide bonds. The zero-order valence-corrected chi connectivity index (χ0v) is 13.4. The Morgan fingerprint density at radius 2 is 1.95 bits per heavy atom. The standard InChI is InChI=1S/C15H22BrNO2/c1-3-15(9-4-5-10-17(2)14(15)19)11-7-6-8-12(18)13(11)16/h3-10H2,1-2H3. The van der Waals surface area contributed by atoms with E-state index in [1.54, 1.807) is 0 Å². The number of carbonyl (C=O) groups is 2. The maximum Gasteiger partial charge on any atom is 0.232 e. The lowest BCUT2D eigenvalue weighted by Crippen LogP contribution is -2.42. The van der Waals surface area contributed by atoms with Crippen LogP contribution in [0, 0.1) is 5.41 Å². The lowest BCUT2D eigenvalue weighted by Gasteiger charge is -2.37. The molecule has 4 heteroatoms. The SMILES string of the molecule is CCC1(C2=C(Br)C(=O)CCC2)CCCCN(C)C1=O. The van der Waals surface area contributed by atoms with E-state index in [1.165, 1.54) is 0 Å². The summed E-state index contributed by atoms with van der Waals surface area (Å²) >= 11 is 3.46. The zero-order valence-electron chi connectivity index (χ0n) is 11.8. The van der Waals surface area contributed by atoms with Crippen molar-refractivity contribution in [2.45, 2.75) is 51.9 Å². The molecule has 2 rings (SSSR count). The predicted molar refractivity (Wildman–Crippen MR) is 79.0 cm³/mol. The average Bonchev–Trinajstić information content (AvgIpc) is 2.55. The Labute approximate surface area is 123 Å². The van der Waals surface area contributed by atoms with Gasteiger partial charge in [-0.25, -0.2) is 0 Å². The molecule has 0 aromatic carbocycles. The Kier molecular flexibility index (Phi) is 4.49. The third kappa shape index (κ3) is 2.51. The van der Waals surface area contributed by atoms with E-state index < -0.39 is 5.41 Å². The van der Waals surface area contributed by atoms with Gasteiger partial charge in [0.25, 0.3) is 0 Å². The van der Waals surface area contributed by atoms with Crippen molar-refractivity contribution in [1.29, 1.82) is 0 Å². The molecule has 0 bridgehead atoms. The van der Waals surface area contributed by atoms with Gasteiger partial charge in [-0.3, -0.25) is 9.59 Å². The number of carbonyl (C=O) groups excluding carboxylic acids is 2. The number of rotatable bonds is 2. The second-order valence-electron chi connectivity index (χ2n) is 5.69. The van der Waals surface area contributed by atoms with Crippen LogP contribution in [0.15, 0.2) is 10.1 Å². The molecule has 1 heterocycles. The van der Waals surface area contributed by atoms with E-state index in [0.29, 0.717) is 10.9 Å². The molecule has 2 aliphatic rings. The Morgan fingerprint density at radius 1 is 1.21 bits per heavy atom. The Morgan fingerprint density at radius 3 is 2.63 bits per heavy atom. The molecule has 1 unspecified atom stereocenters. The number of nitrogens with zero attached hydrogens (tertiary/aromatic N) is 1. The molecule has 1 saturated heterocycles. The summed E-state index contributed by atoms with van der Waals surface area (Å²) in [6, 6.07) is 0. The van der Waals surface area contributed by atoms with Crippen molar-refractivity contribution in [3.63, 3.8) is 0 Å². The highest BCUT2D eigenvalue weighted by atomic mass is 79.9. The average molecular weight is 328 g/mol. The quantitative estimate of drug-likeness (QED) is 0.779. The molecule has 3 nitrogen and oxygen atoms in total. The van der Waals surface area contributed by atoms with Gasteiger partial charge >= 0.3 is 0 Å². The number of ketones is 1. The van der Waals surface area contributed by atoms with Crippen molar-refractivity contribution in [3.8, 4) is 0 Å². The summed E-state index contributed by atoms with van der Waals surface area (Å²) in [5.41, 5.74) is 0.616. The Balaban J connectivity index is 2.48. The minimum atomic E-state index is -0.444. The molecule has 0 aromatic rings. The third-order valence-corrected chi connectivity index (χ3v) is 5.55. The molecule has 1 aliphatic heterocycles. The molecule has 0 saturated carbocycles. The Hall–Kier alpha value is -0.640. The van der Waals surface area contributed by atoms with Crippen LogP contribution in [0.2, 0.25) is 0 Å². The minimum absolute atomic E-state index is 0.161. The summed E-state index contributed by atoms with van der Waals surface area (Å²) in [5.74, 6) is 0.364. The largest absolute Gasteiger partial charge is 0.345 e. The molecule has 0 N–H and O–H groups in total. The van der Waals surface area contributed by atoms with Gasteiger partial charge < -0.3 is 4.90 Å². The van der Waals surface area contributed by atoms with Crippen molar-refractivity contribution >= 4 is 27.6 Å². The fourth-order valence-corrected chi connectivity index (χ4v) is 4.21. The van der Waals surface area contributed by atoms with E-state index in [2.05, 4.69) is 22.9 Å². The first kappa shape index (κ1) is 14.8. The fourth-order valence-electron chi connectivity index (χ4n) is 3.43. The monoisotopic (exact) mass is 327 g/mol. The summed E-state index contributed by atoms with van der Waals surface area (Å²) in [6.45, 7) is 2.91. The van der Waals surface area contributed by atoms with Crippen molar-refractivity contribution in [1.82, 2.24) is 4.90 Å². The lowest BCUT2D eigenvalue weighted by atomic mass is 9.70. The lowest BCUT2D eigenvalue weighted by molar-refractivity contribution is -0.138. The topological polar surface area (TPSA) is 37.4 Å². The normalized spacial score (nSPS) is 29.7. The van der Waals surface area contributed by atoms with Gasteiger partial charge in [-0.2, -0.15) is 0 Å². The fraction of sp³-hybridized carbons (Fsp3) is 0.733. The van der Waals surface area contributed by atoms with Gasteiger partial charge in [-0.1, -0.05) is 13.3 Å². The first-order chi connectivity index (χ1) is 9.03. The highest BCUT2D eigenvalue weighted by Gasteiger charge is 2.45. The van der Waals surface area contributed by atoms with Gasteiger partial charge in [0.1, 0.15) is 0 Å². The van der Waals surface area contributed by atoms with Crippen molar-refractivity contribution in [2.24, 2.45) is 5.41 Å². The molecule has 1 fully saturated rings. The number of allylic oxidation sites excluding steroid dienone is 1. The zero-order chi connectivity index (χ0) is 14.0. The van der Waals surface area contributed by atoms with Crippen LogP contribution in [0.5, 0.6) is 0 Å². The van der Waals surface area contributed by atoms with Gasteiger partial charge in [-0.05, 0) is 53.6 Å². The van der Waals surface area contributed by atoms with Crippen LogP contribution < -0.4 is 0 Å². The molecule has 0 radical (unpaired) electrons. The van der Waals surface area contributed by atoms with E-state index in [9.17, 15) is 9.59 Å². The van der Waals surface area contributed by atoms with Crippen LogP contribution in [0.1, 0.15) is 51.9 Å². The summed E-state index contributed by atoms with van der Waals surface area (Å²) in [6.07, 6.45) is 6.14. The van der Waals surface area contributed by atoms with E-state index >= 15 is 0 Å². The molecule has 19 heavy (non-hydrogen) atoms. The number of amides is 1. The van der Waals surface area contributed by atoms with Crippen molar-refractivity contribution in [3.05, 3.63) is 10.1 Å². The number of likely N-dealkylation sites (tertiary alicyclic amines) is 1. The molecule has 106 valence electrons. The van der Waals surface area contributed by atoms with Crippen LogP contribution in [0.4, 0.5) is 0 Å². The van der Waals surface area contributed by atoms with Crippen molar-refractivity contribution < 1.29 is 9.59 Å². The number of hydrogen-bond acceptors (Lipinski definition) is 2. The van der Waals surface area contributed by atoms with Crippen LogP contribution in [-0.2, 0) is 9.59 Å². The smallest absolute Gasteiger partial charge is 0.232 e. The van der Waals surface area contributed by atoms with Gasteiger partial charge in [0.15, 0.2) is 5.78 Å². The number of halogens is 1. The van der Waals surface area contributed by atoms with Gasteiger partial charge in [-0.15, -0.1) is 0 Å². The molecule has 0 spiro atoms. The van der Waals surface area contributed by atoms with Crippen molar-refractivity contribution in [2.75, 3.05) is 13.6 Å². The van der Waals surface area contributed by atoms with Crippen LogP contribution in [0.25, 0.3) is 0 Å². The third-order valence-electron chi connectivity index (χ3n) is 4.62. The van der Waals surface area contributed by atoms with Gasteiger partial charge in [0.2, 0.25) is 5.91 Å². The maximum atomic E-state index is 12.8. The molecule has 1 aliphatic carbocycles. The first-order valence-corrected chi connectivity index (χ1v) is 8.00. The molecular formula is C15H22BrNO2. The summed E-state index contributed by atoms with van der Waals surface area (Å²) in [5, 5.41) is 0. The minimum Gasteiger partial charge on any atom is -0.345 e. The number of hydrogen-bond donors (Lipinski definition) is 0. The summed E-state index contributed by atoms with van der Waals surface area (Å²) < 4.78 is 0.684. The highest BCUT2D eigenvalue weighted by Crippen LogP contribution is 2.46. The van der Waals surface area contributed by atoms with E-state index in [4.69, 9.17) is 0 Å². The second kappa shape index (κ2) is 5.78. The predicted octanol–water partition coefficient (Wildman–Crippen LogP) is 3.43. The van der Waals surface area contributed by atoms with Crippen LogP contribution in [0.3, 0.4) is 0 Å².